The summed E-state index contributed by atoms with van der Waals surface area (Å²) < 4.78 is 18.7. The van der Waals surface area contributed by atoms with Crippen LogP contribution in [0.5, 0.6) is 0 Å². The van der Waals surface area contributed by atoms with Crippen LogP contribution < -0.4 is 5.73 Å². The molecule has 2 nitrogen and oxygen atoms in total. The van der Waals surface area contributed by atoms with Crippen LogP contribution in [0.3, 0.4) is 0 Å². The molecule has 0 spiro atoms. The number of hydrogen-bond acceptors (Lipinski definition) is 2. The average molecular weight is 237 g/mol. The highest BCUT2D eigenvalue weighted by molar-refractivity contribution is 5.30. The van der Waals surface area contributed by atoms with E-state index in [1.807, 2.05) is 6.92 Å². The van der Waals surface area contributed by atoms with E-state index in [9.17, 15) is 4.39 Å². The van der Waals surface area contributed by atoms with Crippen LogP contribution in [0, 0.1) is 24.6 Å². The van der Waals surface area contributed by atoms with E-state index in [-0.39, 0.29) is 11.9 Å². The molecule has 94 valence electrons. The minimum absolute atomic E-state index is 0.0930. The first kappa shape index (κ1) is 12.5. The zero-order valence-corrected chi connectivity index (χ0v) is 10.4. The summed E-state index contributed by atoms with van der Waals surface area (Å²) in [5.74, 6) is 0.603. The van der Waals surface area contributed by atoms with Crippen molar-refractivity contribution in [3.05, 3.63) is 35.1 Å². The van der Waals surface area contributed by atoms with Gasteiger partial charge in [0.1, 0.15) is 5.82 Å². The lowest BCUT2D eigenvalue weighted by Crippen LogP contribution is -2.34. The van der Waals surface area contributed by atoms with Crippen LogP contribution in [0.25, 0.3) is 0 Å². The number of aryl methyl sites for hydroxylation is 1. The Kier molecular flexibility index (Phi) is 3.79. The summed E-state index contributed by atoms with van der Waals surface area (Å²) in [6, 6.07) is 4.76. The molecule has 3 atom stereocenters. The van der Waals surface area contributed by atoms with Crippen molar-refractivity contribution in [2.75, 3.05) is 13.2 Å². The van der Waals surface area contributed by atoms with Gasteiger partial charge >= 0.3 is 0 Å². The van der Waals surface area contributed by atoms with Crippen molar-refractivity contribution >= 4 is 0 Å². The van der Waals surface area contributed by atoms with E-state index < -0.39 is 0 Å². The maximum atomic E-state index is 13.3. The van der Waals surface area contributed by atoms with Crippen LogP contribution in [0.4, 0.5) is 4.39 Å². The lowest BCUT2D eigenvalue weighted by atomic mass is 9.80. The fourth-order valence-corrected chi connectivity index (χ4v) is 2.63. The zero-order chi connectivity index (χ0) is 12.4. The van der Waals surface area contributed by atoms with Crippen LogP contribution in [0.1, 0.15) is 30.5 Å². The Morgan fingerprint density at radius 2 is 2.24 bits per heavy atom. The van der Waals surface area contributed by atoms with E-state index >= 15 is 0 Å². The van der Waals surface area contributed by atoms with Crippen LogP contribution in [0.15, 0.2) is 18.2 Å². The molecule has 1 aliphatic heterocycles. The number of nitrogens with two attached hydrogens (primary N) is 1. The van der Waals surface area contributed by atoms with E-state index in [1.54, 1.807) is 12.1 Å². The first-order valence-electron chi connectivity index (χ1n) is 6.19. The van der Waals surface area contributed by atoms with Crippen molar-refractivity contribution in [1.29, 1.82) is 0 Å². The van der Waals surface area contributed by atoms with Gasteiger partial charge < -0.3 is 10.5 Å². The summed E-state index contributed by atoms with van der Waals surface area (Å²) in [5, 5.41) is 0. The Morgan fingerprint density at radius 3 is 2.94 bits per heavy atom. The van der Waals surface area contributed by atoms with Gasteiger partial charge in [0.25, 0.3) is 0 Å². The second kappa shape index (κ2) is 5.15. The molecule has 3 heteroatoms. The zero-order valence-electron chi connectivity index (χ0n) is 10.4. The van der Waals surface area contributed by atoms with Gasteiger partial charge in [0.15, 0.2) is 0 Å². The molecule has 17 heavy (non-hydrogen) atoms. The lowest BCUT2D eigenvalue weighted by Gasteiger charge is -2.34. The third-order valence-corrected chi connectivity index (χ3v) is 3.77. The Labute approximate surface area is 102 Å². The number of benzene rings is 1. The van der Waals surface area contributed by atoms with Gasteiger partial charge in [-0.05, 0) is 48.4 Å². The number of hydrogen-bond donors (Lipinski definition) is 1. The molecule has 2 rings (SSSR count). The highest BCUT2D eigenvalue weighted by Gasteiger charge is 2.29. The van der Waals surface area contributed by atoms with Crippen LogP contribution >= 0.6 is 0 Å². The van der Waals surface area contributed by atoms with Crippen molar-refractivity contribution < 1.29 is 9.13 Å². The smallest absolute Gasteiger partial charge is 0.123 e. The van der Waals surface area contributed by atoms with E-state index in [2.05, 4.69) is 6.92 Å². The number of rotatable bonds is 2. The van der Waals surface area contributed by atoms with Crippen molar-refractivity contribution in [3.63, 3.8) is 0 Å². The first-order chi connectivity index (χ1) is 8.09. The molecule has 2 N–H and O–H groups in total. The van der Waals surface area contributed by atoms with E-state index in [1.165, 1.54) is 6.07 Å². The summed E-state index contributed by atoms with van der Waals surface area (Å²) in [4.78, 5) is 0. The molecular weight excluding hydrogens is 217 g/mol. The summed E-state index contributed by atoms with van der Waals surface area (Å²) in [7, 11) is 0. The fourth-order valence-electron chi connectivity index (χ4n) is 2.63. The topological polar surface area (TPSA) is 35.2 Å². The Morgan fingerprint density at radius 1 is 1.47 bits per heavy atom. The standard InChI is InChI=1S/C14H20FNO/c1-9-3-4-11(15)7-13(9)14(16)12-5-6-17-8-10(12)2/h3-4,7,10,12,14H,5-6,8,16H2,1-2H3. The Balaban J connectivity index is 2.23. The van der Waals surface area contributed by atoms with Gasteiger partial charge in [0, 0.05) is 19.3 Å². The average Bonchev–Trinajstić information content (AvgIpc) is 2.32. The molecule has 1 heterocycles. The highest BCUT2D eigenvalue weighted by Crippen LogP contribution is 2.33. The van der Waals surface area contributed by atoms with Crippen molar-refractivity contribution in [1.82, 2.24) is 0 Å². The molecule has 0 aliphatic carbocycles. The monoisotopic (exact) mass is 237 g/mol. The normalized spacial score (nSPS) is 26.8. The molecule has 0 aromatic heterocycles. The summed E-state index contributed by atoms with van der Waals surface area (Å²) in [5.41, 5.74) is 8.31. The Bertz CT molecular complexity index is 394. The lowest BCUT2D eigenvalue weighted by molar-refractivity contribution is 0.0153. The second-order valence-corrected chi connectivity index (χ2v) is 5.03. The molecule has 0 bridgehead atoms. The molecule has 1 aliphatic rings. The van der Waals surface area contributed by atoms with Crippen LogP contribution in [0.2, 0.25) is 0 Å². The van der Waals surface area contributed by atoms with Gasteiger partial charge in [-0.15, -0.1) is 0 Å². The second-order valence-electron chi connectivity index (χ2n) is 5.03. The quantitative estimate of drug-likeness (QED) is 0.858. The molecule has 0 saturated carbocycles. The predicted molar refractivity (Wildman–Crippen MR) is 66.2 cm³/mol. The molecule has 0 amide bonds. The number of halogens is 1. The predicted octanol–water partition coefficient (Wildman–Crippen LogP) is 2.81. The summed E-state index contributed by atoms with van der Waals surface area (Å²) in [6.07, 6.45) is 0.957. The van der Waals surface area contributed by atoms with E-state index in [0.717, 1.165) is 30.8 Å². The molecule has 0 radical (unpaired) electrons. The van der Waals surface area contributed by atoms with E-state index in [0.29, 0.717) is 11.8 Å². The van der Waals surface area contributed by atoms with Gasteiger partial charge in [-0.2, -0.15) is 0 Å². The molecule has 1 aromatic rings. The third-order valence-electron chi connectivity index (χ3n) is 3.77. The Hall–Kier alpha value is -0.930. The number of ether oxygens (including phenoxy) is 1. The molecule has 1 saturated heterocycles. The van der Waals surface area contributed by atoms with Gasteiger partial charge in [0.2, 0.25) is 0 Å². The highest BCUT2D eigenvalue weighted by atomic mass is 19.1. The largest absolute Gasteiger partial charge is 0.381 e. The molecule has 1 fully saturated rings. The molecule has 3 unspecified atom stereocenters. The van der Waals surface area contributed by atoms with Crippen molar-refractivity contribution in [3.8, 4) is 0 Å². The van der Waals surface area contributed by atoms with Gasteiger partial charge in [-0.3, -0.25) is 0 Å². The SMILES string of the molecule is Cc1ccc(F)cc1C(N)C1CCOCC1C. The summed E-state index contributed by atoms with van der Waals surface area (Å²) in [6.45, 7) is 5.65. The van der Waals surface area contributed by atoms with Gasteiger partial charge in [-0.1, -0.05) is 13.0 Å². The maximum absolute atomic E-state index is 13.3. The molecular formula is C14H20FNO. The van der Waals surface area contributed by atoms with E-state index in [4.69, 9.17) is 10.5 Å². The molecule has 1 aromatic carbocycles. The first-order valence-corrected chi connectivity index (χ1v) is 6.19. The van der Waals surface area contributed by atoms with Crippen LogP contribution in [-0.4, -0.2) is 13.2 Å². The maximum Gasteiger partial charge on any atom is 0.123 e. The van der Waals surface area contributed by atoms with Gasteiger partial charge in [-0.25, -0.2) is 4.39 Å². The fraction of sp³-hybridized carbons (Fsp3) is 0.571. The minimum Gasteiger partial charge on any atom is -0.381 e. The van der Waals surface area contributed by atoms with Crippen LogP contribution in [-0.2, 0) is 4.74 Å². The van der Waals surface area contributed by atoms with Crippen molar-refractivity contribution in [2.45, 2.75) is 26.3 Å². The third kappa shape index (κ3) is 2.67. The minimum atomic E-state index is -0.208. The van der Waals surface area contributed by atoms with Gasteiger partial charge in [0.05, 0.1) is 0 Å². The van der Waals surface area contributed by atoms with Crippen molar-refractivity contribution in [2.24, 2.45) is 17.6 Å². The summed E-state index contributed by atoms with van der Waals surface area (Å²) >= 11 is 0.